The van der Waals surface area contributed by atoms with Crippen LogP contribution >= 0.6 is 0 Å². The van der Waals surface area contributed by atoms with Crippen molar-refractivity contribution in [3.8, 4) is 0 Å². The van der Waals surface area contributed by atoms with Crippen LogP contribution < -0.4 is 10.6 Å². The predicted octanol–water partition coefficient (Wildman–Crippen LogP) is 2.03. The quantitative estimate of drug-likeness (QED) is 0.626. The lowest BCUT2D eigenvalue weighted by atomic mass is 10.0. The monoisotopic (exact) mass is 472 g/mol. The van der Waals surface area contributed by atoms with E-state index in [4.69, 9.17) is 13.0 Å². The first-order valence-corrected chi connectivity index (χ1v) is 10.9. The fourth-order valence-electron chi connectivity index (χ4n) is 4.11. The zero-order chi connectivity index (χ0) is 29.0. The third kappa shape index (κ3) is 4.53. The van der Waals surface area contributed by atoms with Gasteiger partial charge in [-0.05, 0) is 30.1 Å². The van der Waals surface area contributed by atoms with Crippen molar-refractivity contribution in [2.24, 2.45) is 0 Å². The van der Waals surface area contributed by atoms with Crippen molar-refractivity contribution in [2.75, 3.05) is 31.6 Å². The number of carbonyl (C=O) groups is 3. The molecule has 178 valence electrons. The van der Waals surface area contributed by atoms with Crippen molar-refractivity contribution in [1.82, 2.24) is 15.1 Å². The maximum Gasteiger partial charge on any atom is 0.255 e. The van der Waals surface area contributed by atoms with E-state index in [9.17, 15) is 18.8 Å². The van der Waals surface area contributed by atoms with Crippen molar-refractivity contribution >= 4 is 23.4 Å². The molecular weight excluding hydrogens is 439 g/mol. The van der Waals surface area contributed by atoms with Gasteiger partial charge in [-0.2, -0.15) is 0 Å². The topological polar surface area (TPSA) is 91.0 Å². The first-order valence-electron chi connectivity index (χ1n) is 13.9. The van der Waals surface area contributed by atoms with E-state index in [1.165, 1.54) is 24.3 Å². The van der Waals surface area contributed by atoms with Gasteiger partial charge in [0, 0.05) is 66.9 Å². The Morgan fingerprint density at radius 2 is 2.00 bits per heavy atom. The minimum Gasteiger partial charge on any atom is -0.381 e. The highest BCUT2D eigenvalue weighted by atomic mass is 19.1. The normalized spacial score (nSPS) is 28.0. The molecule has 2 aromatic carbocycles. The Morgan fingerprint density at radius 1 is 1.18 bits per heavy atom. The van der Waals surface area contributed by atoms with Crippen LogP contribution in [0.15, 0.2) is 36.4 Å². The van der Waals surface area contributed by atoms with Gasteiger partial charge >= 0.3 is 0 Å². The van der Waals surface area contributed by atoms with Crippen LogP contribution in [0.5, 0.6) is 0 Å². The van der Waals surface area contributed by atoms with Gasteiger partial charge in [-0.3, -0.25) is 24.6 Å². The summed E-state index contributed by atoms with van der Waals surface area (Å²) in [5.74, 6) is -4.35. The average molecular weight is 473 g/mol. The minimum absolute atomic E-state index is 0.0633. The van der Waals surface area contributed by atoms with E-state index in [1.54, 1.807) is 17.4 Å². The van der Waals surface area contributed by atoms with Crippen LogP contribution in [0.4, 0.5) is 10.1 Å². The van der Waals surface area contributed by atoms with Gasteiger partial charge in [-0.15, -0.1) is 0 Å². The largest absolute Gasteiger partial charge is 0.381 e. The molecule has 0 radical (unpaired) electrons. The number of hydrogen-bond donors (Lipinski definition) is 2. The summed E-state index contributed by atoms with van der Waals surface area (Å²) in [5, 5.41) is 4.66. The molecule has 0 aromatic heterocycles. The second-order valence-corrected chi connectivity index (χ2v) is 8.17. The van der Waals surface area contributed by atoms with Crippen LogP contribution in [0.25, 0.3) is 0 Å². The number of hydrogen-bond acceptors (Lipinski definition) is 6. The Hall–Kier alpha value is -3.30. The number of amides is 3. The van der Waals surface area contributed by atoms with Crippen molar-refractivity contribution in [2.45, 2.75) is 38.4 Å². The smallest absolute Gasteiger partial charge is 0.255 e. The van der Waals surface area contributed by atoms with Gasteiger partial charge in [0.1, 0.15) is 11.9 Å². The Morgan fingerprint density at radius 3 is 2.79 bits per heavy atom. The Bertz CT molecular complexity index is 1390. The summed E-state index contributed by atoms with van der Waals surface area (Å²) < 4.78 is 70.1. The number of piperidine rings is 1. The molecule has 0 spiro atoms. The molecule has 2 aromatic rings. The zero-order valence-corrected chi connectivity index (χ0v) is 18.2. The van der Waals surface area contributed by atoms with Crippen LogP contribution in [0, 0.1) is 5.82 Å². The number of nitrogens with zero attached hydrogens (tertiary/aromatic N) is 2. The standard InChI is InChI=1S/C25H27FN4O4/c26-20-12-16(14-29-8-10-34-11-9-29)4-5-17(20)13-27-21-3-1-2-18-19(21)15-30(25(18)33)22-6-7-23(31)28-24(22)32/h1-5,12,22,27H,6-11,13-15H2,(H,28,31,32)/t22-/m1/s1/i6D2,7D2,15D2. The minimum atomic E-state index is -3.24. The molecule has 2 fully saturated rings. The van der Waals surface area contributed by atoms with E-state index in [2.05, 4.69) is 10.2 Å². The Balaban J connectivity index is 1.40. The summed E-state index contributed by atoms with van der Waals surface area (Å²) in [5.41, 5.74) is 0.827. The van der Waals surface area contributed by atoms with Crippen molar-refractivity contribution < 1.29 is 31.7 Å². The lowest BCUT2D eigenvalue weighted by molar-refractivity contribution is -0.136. The molecule has 0 unspecified atom stereocenters. The molecule has 0 saturated carbocycles. The van der Waals surface area contributed by atoms with Crippen LogP contribution in [-0.4, -0.2) is 59.9 Å². The number of rotatable bonds is 6. The van der Waals surface area contributed by atoms with Gasteiger partial charge in [0.25, 0.3) is 5.91 Å². The van der Waals surface area contributed by atoms with Gasteiger partial charge in [0.15, 0.2) is 0 Å². The predicted molar refractivity (Wildman–Crippen MR) is 122 cm³/mol. The number of carbonyl (C=O) groups excluding carboxylic acids is 3. The molecule has 3 aliphatic heterocycles. The van der Waals surface area contributed by atoms with E-state index in [0.717, 1.165) is 18.7 Å². The number of nitrogens with one attached hydrogen (secondary N) is 2. The lowest BCUT2D eigenvalue weighted by Gasteiger charge is -2.29. The summed E-state index contributed by atoms with van der Waals surface area (Å²) in [6, 6.07) is 6.81. The fourth-order valence-corrected chi connectivity index (χ4v) is 4.11. The molecule has 0 aliphatic carbocycles. The van der Waals surface area contributed by atoms with Crippen LogP contribution in [-0.2, 0) is 33.9 Å². The van der Waals surface area contributed by atoms with Crippen molar-refractivity contribution in [3.63, 3.8) is 0 Å². The van der Waals surface area contributed by atoms with Gasteiger partial charge in [0.05, 0.1) is 16.0 Å². The molecule has 1 atom stereocenters. The molecule has 9 heteroatoms. The number of halogens is 1. The number of imide groups is 1. The van der Waals surface area contributed by atoms with Crippen LogP contribution in [0.1, 0.15) is 48.0 Å². The average Bonchev–Trinajstić information content (AvgIpc) is 3.09. The molecule has 2 saturated heterocycles. The molecule has 34 heavy (non-hydrogen) atoms. The first-order chi connectivity index (χ1) is 18.8. The van der Waals surface area contributed by atoms with Crippen LogP contribution in [0.2, 0.25) is 0 Å². The van der Waals surface area contributed by atoms with Crippen molar-refractivity contribution in [1.29, 1.82) is 0 Å². The highest BCUT2D eigenvalue weighted by molar-refractivity contribution is 6.06. The second kappa shape index (κ2) is 9.52. The zero-order valence-electron chi connectivity index (χ0n) is 24.2. The van der Waals surface area contributed by atoms with Gasteiger partial charge in [-0.1, -0.05) is 18.2 Å². The second-order valence-electron chi connectivity index (χ2n) is 8.17. The highest BCUT2D eigenvalue weighted by Crippen LogP contribution is 2.32. The molecule has 8 nitrogen and oxygen atoms in total. The van der Waals surface area contributed by atoms with Crippen molar-refractivity contribution in [3.05, 3.63) is 64.5 Å². The number of anilines is 1. The lowest BCUT2D eigenvalue weighted by Crippen LogP contribution is -2.52. The molecule has 3 heterocycles. The van der Waals surface area contributed by atoms with E-state index >= 15 is 0 Å². The Labute approximate surface area is 205 Å². The van der Waals surface area contributed by atoms with Gasteiger partial charge < -0.3 is 15.0 Å². The molecule has 0 bridgehead atoms. The number of fused-ring (bicyclic) bond motifs is 1. The van der Waals surface area contributed by atoms with Gasteiger partial charge in [-0.25, -0.2) is 4.39 Å². The molecule has 3 aliphatic rings. The number of ether oxygens (including phenoxy) is 1. The van der Waals surface area contributed by atoms with E-state index in [0.29, 0.717) is 30.2 Å². The summed E-state index contributed by atoms with van der Waals surface area (Å²) in [7, 11) is 0. The molecular formula is C25H27FN4O4. The summed E-state index contributed by atoms with van der Waals surface area (Å²) in [6.07, 6.45) is -6.46. The van der Waals surface area contributed by atoms with Gasteiger partial charge in [0.2, 0.25) is 11.8 Å². The third-order valence-electron chi connectivity index (χ3n) is 5.91. The Kier molecular flexibility index (Phi) is 4.58. The fraction of sp³-hybridized carbons (Fsp3) is 0.400. The van der Waals surface area contributed by atoms with E-state index in [-0.39, 0.29) is 23.4 Å². The first kappa shape index (κ1) is 16.3. The summed E-state index contributed by atoms with van der Waals surface area (Å²) in [4.78, 5) is 40.5. The summed E-state index contributed by atoms with van der Waals surface area (Å²) >= 11 is 0. The van der Waals surface area contributed by atoms with E-state index < -0.39 is 48.8 Å². The van der Waals surface area contributed by atoms with Crippen LogP contribution in [0.3, 0.4) is 0 Å². The number of benzene rings is 2. The number of morpholine rings is 1. The maximum absolute atomic E-state index is 15.0. The highest BCUT2D eigenvalue weighted by Gasteiger charge is 2.39. The third-order valence-corrected chi connectivity index (χ3v) is 5.91. The molecule has 3 amide bonds. The molecule has 5 rings (SSSR count). The maximum atomic E-state index is 15.0. The molecule has 2 N–H and O–H groups in total. The SMILES string of the molecule is [2H]C1([2H])c2c(NCc3ccc(CN4CCOCC4)cc3F)cccc2C(=O)N1[C@H]1C(=O)NC(=O)C([2H])([2H])C1([2H])[2H]. The summed E-state index contributed by atoms with van der Waals surface area (Å²) in [6.45, 7) is 0.499. The van der Waals surface area contributed by atoms with E-state index in [1.807, 2.05) is 0 Å².